The Morgan fingerprint density at radius 1 is 1.33 bits per heavy atom. The Bertz CT molecular complexity index is 349. The number of hydrogen-bond donors (Lipinski definition) is 0. The summed E-state index contributed by atoms with van der Waals surface area (Å²) in [4.78, 5) is 2.95. The van der Waals surface area contributed by atoms with Gasteiger partial charge in [-0.1, -0.05) is 15.9 Å². The Balaban J connectivity index is 3.19. The van der Waals surface area contributed by atoms with E-state index in [1.165, 1.54) is 0 Å². The van der Waals surface area contributed by atoms with E-state index in [0.717, 1.165) is 0 Å². The molecule has 0 spiro atoms. The molecule has 1 heterocycles. The third-order valence-corrected chi connectivity index (χ3v) is 2.30. The normalized spacial score (nSPS) is 12.2. The average Bonchev–Trinajstić information content (AvgIpc) is 2.15. The molecule has 0 amide bonds. The van der Waals surface area contributed by atoms with E-state index in [4.69, 9.17) is 0 Å². The molecule has 0 aliphatic heterocycles. The van der Waals surface area contributed by atoms with Crippen molar-refractivity contribution in [1.29, 1.82) is 0 Å². The predicted octanol–water partition coefficient (Wildman–Crippen LogP) is 3.93. The van der Waals surface area contributed by atoms with Crippen LogP contribution in [0.1, 0.15) is 23.2 Å². The minimum absolute atomic E-state index is 0.0712. The molecule has 7 heteroatoms. The molecule has 0 radical (unpaired) electrons. The second-order valence-electron chi connectivity index (χ2n) is 2.70. The maximum atomic E-state index is 12.3. The molecule has 1 rings (SSSR count). The van der Waals surface area contributed by atoms with Gasteiger partial charge in [-0.05, 0) is 11.6 Å². The van der Waals surface area contributed by atoms with Crippen molar-refractivity contribution in [3.63, 3.8) is 0 Å². The van der Waals surface area contributed by atoms with Gasteiger partial charge < -0.3 is 0 Å². The van der Waals surface area contributed by atoms with Crippen molar-refractivity contribution in [3.8, 4) is 0 Å². The van der Waals surface area contributed by atoms with E-state index in [9.17, 15) is 22.0 Å². The van der Waals surface area contributed by atoms with Crippen LogP contribution in [0.4, 0.5) is 22.0 Å². The maximum absolute atomic E-state index is 12.3. The van der Waals surface area contributed by atoms with Gasteiger partial charge in [-0.25, -0.2) is 8.78 Å². The number of alkyl halides is 6. The van der Waals surface area contributed by atoms with Gasteiger partial charge in [0.05, 0.1) is 0 Å². The monoisotopic (exact) mass is 289 g/mol. The van der Waals surface area contributed by atoms with Gasteiger partial charge in [0.1, 0.15) is 5.69 Å². The molecule has 0 aromatic carbocycles. The van der Waals surface area contributed by atoms with Crippen LogP contribution < -0.4 is 0 Å². The van der Waals surface area contributed by atoms with E-state index >= 15 is 0 Å². The van der Waals surface area contributed by atoms with Crippen LogP contribution in [-0.4, -0.2) is 4.98 Å². The van der Waals surface area contributed by atoms with Gasteiger partial charge in [-0.15, -0.1) is 0 Å². The summed E-state index contributed by atoms with van der Waals surface area (Å²) in [6.45, 7) is 0. The Morgan fingerprint density at radius 3 is 2.33 bits per heavy atom. The summed E-state index contributed by atoms with van der Waals surface area (Å²) in [5.41, 5.74) is -1.76. The van der Waals surface area contributed by atoms with Gasteiger partial charge in [0, 0.05) is 17.1 Å². The fourth-order valence-corrected chi connectivity index (χ4v) is 1.46. The third kappa shape index (κ3) is 2.87. The summed E-state index contributed by atoms with van der Waals surface area (Å²) in [6, 6.07) is 0.621. The van der Waals surface area contributed by atoms with Crippen LogP contribution in [0.2, 0.25) is 0 Å². The molecule has 0 unspecified atom stereocenters. The summed E-state index contributed by atoms with van der Waals surface area (Å²) in [6.07, 6.45) is -6.88. The molecular formula is C8H5BrF5N. The fraction of sp³-hybridized carbons (Fsp3) is 0.375. The second kappa shape index (κ2) is 4.42. The fourth-order valence-electron chi connectivity index (χ4n) is 0.975. The predicted molar refractivity (Wildman–Crippen MR) is 46.8 cm³/mol. The molecule has 0 atom stereocenters. The molecule has 1 aromatic rings. The molecule has 15 heavy (non-hydrogen) atoms. The molecule has 0 fully saturated rings. The van der Waals surface area contributed by atoms with Crippen molar-refractivity contribution in [1.82, 2.24) is 4.98 Å². The number of halogens is 6. The SMILES string of the molecule is FC(F)c1cnc(C(F)(F)F)cc1CBr. The molecule has 0 aliphatic carbocycles. The molecule has 0 bridgehead atoms. The van der Waals surface area contributed by atoms with Crippen molar-refractivity contribution in [2.45, 2.75) is 17.9 Å². The van der Waals surface area contributed by atoms with Crippen LogP contribution in [0.15, 0.2) is 12.3 Å². The van der Waals surface area contributed by atoms with Gasteiger partial charge in [-0.2, -0.15) is 13.2 Å². The lowest BCUT2D eigenvalue weighted by Crippen LogP contribution is -2.09. The van der Waals surface area contributed by atoms with E-state index in [2.05, 4.69) is 20.9 Å². The van der Waals surface area contributed by atoms with Gasteiger partial charge in [-0.3, -0.25) is 4.98 Å². The summed E-state index contributed by atoms with van der Waals surface area (Å²) >= 11 is 2.85. The first-order valence-corrected chi connectivity index (χ1v) is 4.88. The Morgan fingerprint density at radius 2 is 1.93 bits per heavy atom. The molecule has 0 N–H and O–H groups in total. The summed E-state index contributed by atoms with van der Waals surface area (Å²) in [5.74, 6) is 0. The van der Waals surface area contributed by atoms with Crippen molar-refractivity contribution < 1.29 is 22.0 Å². The third-order valence-electron chi connectivity index (χ3n) is 1.69. The van der Waals surface area contributed by atoms with Crippen molar-refractivity contribution >= 4 is 15.9 Å². The maximum Gasteiger partial charge on any atom is 0.433 e. The lowest BCUT2D eigenvalue weighted by atomic mass is 10.1. The smallest absolute Gasteiger partial charge is 0.251 e. The number of rotatable bonds is 2. The highest BCUT2D eigenvalue weighted by Gasteiger charge is 2.33. The van der Waals surface area contributed by atoms with Crippen molar-refractivity contribution in [3.05, 3.63) is 29.1 Å². The van der Waals surface area contributed by atoms with E-state index in [1.807, 2.05) is 0 Å². The van der Waals surface area contributed by atoms with Gasteiger partial charge in [0.25, 0.3) is 6.43 Å². The highest BCUT2D eigenvalue weighted by molar-refractivity contribution is 9.08. The molecule has 1 nitrogen and oxygen atoms in total. The quantitative estimate of drug-likeness (QED) is 0.594. The van der Waals surface area contributed by atoms with Crippen LogP contribution in [0.25, 0.3) is 0 Å². The lowest BCUT2D eigenvalue weighted by Gasteiger charge is -2.10. The zero-order chi connectivity index (χ0) is 11.6. The summed E-state index contributed by atoms with van der Waals surface area (Å²) < 4.78 is 61.1. The second-order valence-corrected chi connectivity index (χ2v) is 3.26. The Labute approximate surface area is 90.4 Å². The molecule has 0 saturated heterocycles. The zero-order valence-electron chi connectivity index (χ0n) is 7.15. The largest absolute Gasteiger partial charge is 0.433 e. The number of aromatic nitrogens is 1. The number of pyridine rings is 1. The average molecular weight is 290 g/mol. The Kier molecular flexibility index (Phi) is 3.64. The van der Waals surface area contributed by atoms with Crippen LogP contribution >= 0.6 is 15.9 Å². The van der Waals surface area contributed by atoms with Crippen molar-refractivity contribution in [2.24, 2.45) is 0 Å². The van der Waals surface area contributed by atoms with Gasteiger partial charge >= 0.3 is 6.18 Å². The topological polar surface area (TPSA) is 12.9 Å². The Hall–Kier alpha value is -0.720. The first-order valence-electron chi connectivity index (χ1n) is 3.76. The first kappa shape index (κ1) is 12.4. The first-order chi connectivity index (χ1) is 6.86. The molecular weight excluding hydrogens is 285 g/mol. The van der Waals surface area contributed by atoms with Gasteiger partial charge in [0.15, 0.2) is 0 Å². The van der Waals surface area contributed by atoms with E-state index in [1.54, 1.807) is 0 Å². The van der Waals surface area contributed by atoms with Crippen LogP contribution in [0.3, 0.4) is 0 Å². The minimum Gasteiger partial charge on any atom is -0.251 e. The molecule has 1 aromatic heterocycles. The van der Waals surface area contributed by atoms with Crippen LogP contribution in [-0.2, 0) is 11.5 Å². The van der Waals surface area contributed by atoms with Crippen LogP contribution in [0.5, 0.6) is 0 Å². The molecule has 0 saturated carbocycles. The lowest BCUT2D eigenvalue weighted by molar-refractivity contribution is -0.141. The number of nitrogens with zero attached hydrogens (tertiary/aromatic N) is 1. The zero-order valence-corrected chi connectivity index (χ0v) is 8.74. The summed E-state index contributed by atoms with van der Waals surface area (Å²) in [5, 5.41) is -0.0712. The van der Waals surface area contributed by atoms with Crippen LogP contribution in [0, 0.1) is 0 Å². The summed E-state index contributed by atoms with van der Waals surface area (Å²) in [7, 11) is 0. The minimum atomic E-state index is -4.61. The van der Waals surface area contributed by atoms with E-state index in [-0.39, 0.29) is 10.9 Å². The number of hydrogen-bond acceptors (Lipinski definition) is 1. The van der Waals surface area contributed by atoms with Crippen molar-refractivity contribution in [2.75, 3.05) is 0 Å². The molecule has 84 valence electrons. The van der Waals surface area contributed by atoms with E-state index in [0.29, 0.717) is 12.3 Å². The van der Waals surface area contributed by atoms with Gasteiger partial charge in [0.2, 0.25) is 0 Å². The highest BCUT2D eigenvalue weighted by atomic mass is 79.9. The highest BCUT2D eigenvalue weighted by Crippen LogP contribution is 2.31. The molecule has 0 aliphatic rings. The standard InChI is InChI=1S/C8H5BrF5N/c9-2-4-1-6(8(12,13)14)15-3-5(4)7(10)11/h1,3,7H,2H2. The van der Waals surface area contributed by atoms with E-state index < -0.39 is 23.9 Å².